The van der Waals surface area contributed by atoms with E-state index in [9.17, 15) is 13.2 Å². The molecule has 0 radical (unpaired) electrons. The first-order chi connectivity index (χ1) is 14.3. The van der Waals surface area contributed by atoms with Crippen molar-refractivity contribution in [1.29, 1.82) is 0 Å². The molecular weight excluding hydrogens is 445 g/mol. The molecule has 0 aliphatic carbocycles. The maximum Gasteiger partial charge on any atom is 0.262 e. The number of aliphatic imine (C=N–C) groups is 1. The van der Waals surface area contributed by atoms with Gasteiger partial charge in [0.1, 0.15) is 5.84 Å². The van der Waals surface area contributed by atoms with Crippen LogP contribution in [0.25, 0.3) is 0 Å². The van der Waals surface area contributed by atoms with Crippen LogP contribution in [0.5, 0.6) is 0 Å². The number of aryl methyl sites for hydroxylation is 1. The third-order valence-corrected chi connectivity index (χ3v) is 6.70. The van der Waals surface area contributed by atoms with Crippen LogP contribution < -0.4 is 10.0 Å². The van der Waals surface area contributed by atoms with Crippen LogP contribution in [0, 0.1) is 0 Å². The largest absolute Gasteiger partial charge is 0.326 e. The Hall–Kier alpha value is -2.09. The number of benzene rings is 2. The number of hydrogen-bond acceptors (Lipinski definition) is 4. The number of anilines is 1. The molecule has 0 unspecified atom stereocenters. The molecule has 1 aliphatic heterocycles. The third kappa shape index (κ3) is 6.45. The fourth-order valence-electron chi connectivity index (χ4n) is 3.08. The van der Waals surface area contributed by atoms with Crippen LogP contribution in [0.1, 0.15) is 37.7 Å². The Morgan fingerprint density at radius 3 is 2.53 bits per heavy atom. The Morgan fingerprint density at radius 1 is 1.03 bits per heavy atom. The summed E-state index contributed by atoms with van der Waals surface area (Å²) in [5.41, 5.74) is 1.36. The first-order valence-corrected chi connectivity index (χ1v) is 12.0. The topological polar surface area (TPSA) is 87.6 Å². The molecule has 1 amide bonds. The summed E-state index contributed by atoms with van der Waals surface area (Å²) in [6.45, 7) is 0.643. The van der Waals surface area contributed by atoms with Gasteiger partial charge >= 0.3 is 0 Å². The molecule has 0 saturated carbocycles. The van der Waals surface area contributed by atoms with Crippen LogP contribution in [-0.4, -0.2) is 26.7 Å². The maximum absolute atomic E-state index is 12.6. The summed E-state index contributed by atoms with van der Waals surface area (Å²) in [4.78, 5) is 16.6. The van der Waals surface area contributed by atoms with Gasteiger partial charge in [-0.3, -0.25) is 14.5 Å². The Kier molecular flexibility index (Phi) is 7.75. The minimum atomic E-state index is -3.69. The lowest BCUT2D eigenvalue weighted by Gasteiger charge is -2.11. The van der Waals surface area contributed by atoms with Crippen molar-refractivity contribution in [1.82, 2.24) is 4.72 Å². The molecule has 0 bridgehead atoms. The number of rotatable bonds is 6. The number of carbonyl (C=O) groups is 1. The number of carbonyl (C=O) groups excluding carboxylic acids is 1. The normalized spacial score (nSPS) is 14.5. The molecule has 0 saturated heterocycles. The number of nitrogens with zero attached hydrogens (tertiary/aromatic N) is 1. The lowest BCUT2D eigenvalue weighted by molar-refractivity contribution is -0.116. The minimum absolute atomic E-state index is 0.125. The first-order valence-electron chi connectivity index (χ1n) is 9.73. The van der Waals surface area contributed by atoms with Crippen LogP contribution in [0.4, 0.5) is 5.69 Å². The highest BCUT2D eigenvalue weighted by molar-refractivity contribution is 7.90. The van der Waals surface area contributed by atoms with Gasteiger partial charge in [-0.05, 0) is 61.2 Å². The van der Waals surface area contributed by atoms with Crippen LogP contribution >= 0.6 is 23.2 Å². The summed E-state index contributed by atoms with van der Waals surface area (Å²) in [7, 11) is -3.69. The molecule has 160 valence electrons. The van der Waals surface area contributed by atoms with Crippen molar-refractivity contribution >= 4 is 50.7 Å². The summed E-state index contributed by atoms with van der Waals surface area (Å²) >= 11 is 12.0. The van der Waals surface area contributed by atoms with Crippen LogP contribution in [0.2, 0.25) is 10.0 Å². The molecule has 30 heavy (non-hydrogen) atoms. The highest BCUT2D eigenvalue weighted by Crippen LogP contribution is 2.22. The fraction of sp³-hybridized carbons (Fsp3) is 0.333. The monoisotopic (exact) mass is 467 g/mol. The maximum atomic E-state index is 12.6. The second-order valence-electron chi connectivity index (χ2n) is 7.05. The summed E-state index contributed by atoms with van der Waals surface area (Å²) in [6, 6.07) is 11.2. The summed E-state index contributed by atoms with van der Waals surface area (Å²) < 4.78 is 27.7. The van der Waals surface area contributed by atoms with Gasteiger partial charge in [0.15, 0.2) is 0 Å². The molecule has 1 heterocycles. The number of sulfonamides is 1. The highest BCUT2D eigenvalue weighted by Gasteiger charge is 2.17. The number of amides is 1. The summed E-state index contributed by atoms with van der Waals surface area (Å²) in [6.07, 6.45) is 4.29. The molecule has 0 fully saturated rings. The lowest BCUT2D eigenvalue weighted by atomic mass is 10.1. The van der Waals surface area contributed by atoms with E-state index in [2.05, 4.69) is 15.0 Å². The fourth-order valence-corrected chi connectivity index (χ4v) is 4.68. The lowest BCUT2D eigenvalue weighted by Crippen LogP contribution is -2.30. The van der Waals surface area contributed by atoms with Crippen molar-refractivity contribution in [3.8, 4) is 0 Å². The van der Waals surface area contributed by atoms with E-state index in [-0.39, 0.29) is 17.2 Å². The smallest absolute Gasteiger partial charge is 0.262 e. The average Bonchev–Trinajstić information content (AvgIpc) is 2.96. The Balaban J connectivity index is 1.56. The number of amidine groups is 1. The van der Waals surface area contributed by atoms with Gasteiger partial charge in [-0.25, -0.2) is 8.42 Å². The second-order valence-corrected chi connectivity index (χ2v) is 9.58. The summed E-state index contributed by atoms with van der Waals surface area (Å²) in [5.74, 6) is 0.313. The zero-order valence-electron chi connectivity index (χ0n) is 16.3. The van der Waals surface area contributed by atoms with E-state index in [4.69, 9.17) is 23.2 Å². The van der Waals surface area contributed by atoms with E-state index in [0.29, 0.717) is 41.0 Å². The Bertz CT molecular complexity index is 1040. The zero-order valence-corrected chi connectivity index (χ0v) is 18.7. The molecule has 0 spiro atoms. The predicted octanol–water partition coefficient (Wildman–Crippen LogP) is 4.82. The van der Waals surface area contributed by atoms with E-state index in [1.165, 1.54) is 12.1 Å². The molecule has 1 aliphatic rings. The van der Waals surface area contributed by atoms with E-state index in [0.717, 1.165) is 24.8 Å². The number of halogens is 2. The van der Waals surface area contributed by atoms with Crippen molar-refractivity contribution in [2.75, 3.05) is 11.9 Å². The molecule has 2 aromatic rings. The molecule has 3 rings (SSSR count). The van der Waals surface area contributed by atoms with Crippen molar-refractivity contribution in [2.24, 2.45) is 4.99 Å². The first kappa shape index (κ1) is 22.6. The van der Waals surface area contributed by atoms with Crippen molar-refractivity contribution < 1.29 is 13.2 Å². The van der Waals surface area contributed by atoms with Crippen molar-refractivity contribution in [2.45, 2.75) is 43.4 Å². The zero-order chi connectivity index (χ0) is 21.6. The third-order valence-electron chi connectivity index (χ3n) is 4.71. The van der Waals surface area contributed by atoms with Crippen LogP contribution in [0.3, 0.4) is 0 Å². The van der Waals surface area contributed by atoms with Crippen LogP contribution in [0.15, 0.2) is 52.4 Å². The summed E-state index contributed by atoms with van der Waals surface area (Å²) in [5, 5.41) is 3.83. The second kappa shape index (κ2) is 10.3. The number of hydrogen-bond donors (Lipinski definition) is 2. The molecule has 0 atom stereocenters. The van der Waals surface area contributed by atoms with Gasteiger partial charge in [0, 0.05) is 35.1 Å². The quantitative estimate of drug-likeness (QED) is 0.638. The highest BCUT2D eigenvalue weighted by atomic mass is 35.5. The van der Waals surface area contributed by atoms with Crippen molar-refractivity contribution in [3.05, 3.63) is 58.1 Å². The van der Waals surface area contributed by atoms with Gasteiger partial charge in [0.25, 0.3) is 10.0 Å². The average molecular weight is 468 g/mol. The van der Waals surface area contributed by atoms with E-state index >= 15 is 0 Å². The van der Waals surface area contributed by atoms with Gasteiger partial charge in [-0.2, -0.15) is 0 Å². The SMILES string of the molecule is O=C(CCc1ccc(Cl)cc1Cl)Nc1ccc(S(=O)(=O)NC2=NCCCCC2)cc1. The van der Waals surface area contributed by atoms with Gasteiger partial charge in [0.05, 0.1) is 4.90 Å². The minimum Gasteiger partial charge on any atom is -0.326 e. The number of nitrogens with one attached hydrogen (secondary N) is 2. The van der Waals surface area contributed by atoms with Gasteiger partial charge in [-0.15, -0.1) is 0 Å². The Morgan fingerprint density at radius 2 is 1.80 bits per heavy atom. The van der Waals surface area contributed by atoms with Gasteiger partial charge in [-0.1, -0.05) is 35.7 Å². The molecule has 6 nitrogen and oxygen atoms in total. The van der Waals surface area contributed by atoms with Gasteiger partial charge < -0.3 is 5.32 Å². The predicted molar refractivity (Wildman–Crippen MR) is 121 cm³/mol. The van der Waals surface area contributed by atoms with E-state index < -0.39 is 10.0 Å². The van der Waals surface area contributed by atoms with E-state index in [1.54, 1.807) is 30.3 Å². The van der Waals surface area contributed by atoms with Crippen LogP contribution in [-0.2, 0) is 21.2 Å². The molecular formula is C21H23Cl2N3O3S. The van der Waals surface area contributed by atoms with Gasteiger partial charge in [0.2, 0.25) is 5.91 Å². The standard InChI is InChI=1S/C21H23Cl2N3O3S/c22-16-7-5-15(19(23)14-16)6-12-21(27)25-17-8-10-18(11-9-17)30(28,29)26-20-4-2-1-3-13-24-20/h5,7-11,14H,1-4,6,12-13H2,(H,24,26)(H,25,27). The molecule has 2 N–H and O–H groups in total. The van der Waals surface area contributed by atoms with Crippen molar-refractivity contribution in [3.63, 3.8) is 0 Å². The Labute approximate surface area is 186 Å². The molecule has 9 heteroatoms. The van der Waals surface area contributed by atoms with E-state index in [1.807, 2.05) is 0 Å². The molecule has 0 aromatic heterocycles. The molecule has 2 aromatic carbocycles.